The summed E-state index contributed by atoms with van der Waals surface area (Å²) in [7, 11) is 1.51. The van der Waals surface area contributed by atoms with Crippen molar-refractivity contribution in [2.75, 3.05) is 26.8 Å². The predicted octanol–water partition coefficient (Wildman–Crippen LogP) is 0.918. The average Bonchev–Trinajstić information content (AvgIpc) is 2.82. The standard InChI is InChI=1S/C12H22N2O4/c1-3-9-4-6-14(8-9)12(17)13-10(11(15)16)5-7-18-2/h9-10H,3-8H2,1-2H3,(H,13,17)(H,15,16). The second-order valence-electron chi connectivity index (χ2n) is 4.63. The van der Waals surface area contributed by atoms with Crippen LogP contribution in [-0.2, 0) is 9.53 Å². The lowest BCUT2D eigenvalue weighted by Gasteiger charge is -2.20. The molecule has 1 fully saturated rings. The number of likely N-dealkylation sites (tertiary alicyclic amines) is 1. The van der Waals surface area contributed by atoms with Gasteiger partial charge in [0.1, 0.15) is 6.04 Å². The van der Waals surface area contributed by atoms with Gasteiger partial charge in [0, 0.05) is 33.2 Å². The minimum Gasteiger partial charge on any atom is -0.480 e. The van der Waals surface area contributed by atoms with Crippen molar-refractivity contribution in [2.45, 2.75) is 32.2 Å². The van der Waals surface area contributed by atoms with Crippen molar-refractivity contribution in [1.29, 1.82) is 0 Å². The summed E-state index contributed by atoms with van der Waals surface area (Å²) in [6, 6.07) is -1.16. The molecule has 0 bridgehead atoms. The van der Waals surface area contributed by atoms with Crippen LogP contribution < -0.4 is 5.32 Å². The van der Waals surface area contributed by atoms with Gasteiger partial charge in [-0.25, -0.2) is 9.59 Å². The van der Waals surface area contributed by atoms with Crippen LogP contribution in [0.2, 0.25) is 0 Å². The molecule has 0 saturated carbocycles. The number of rotatable bonds is 6. The quantitative estimate of drug-likeness (QED) is 0.742. The molecule has 2 atom stereocenters. The van der Waals surface area contributed by atoms with Gasteiger partial charge in [0.2, 0.25) is 0 Å². The smallest absolute Gasteiger partial charge is 0.326 e. The van der Waals surface area contributed by atoms with Crippen LogP contribution >= 0.6 is 0 Å². The molecule has 0 aromatic rings. The summed E-state index contributed by atoms with van der Waals surface area (Å²) in [5, 5.41) is 11.5. The fraction of sp³-hybridized carbons (Fsp3) is 0.833. The van der Waals surface area contributed by atoms with Gasteiger partial charge in [-0.2, -0.15) is 0 Å². The van der Waals surface area contributed by atoms with E-state index in [0.717, 1.165) is 19.4 Å². The normalized spacial score (nSPS) is 20.8. The molecule has 2 N–H and O–H groups in total. The van der Waals surface area contributed by atoms with Crippen molar-refractivity contribution < 1.29 is 19.4 Å². The SMILES string of the molecule is CCC1CCN(C(=O)NC(CCOC)C(=O)O)C1. The molecule has 6 nitrogen and oxygen atoms in total. The minimum absolute atomic E-state index is 0.280. The van der Waals surface area contributed by atoms with Crippen LogP contribution in [0.5, 0.6) is 0 Å². The van der Waals surface area contributed by atoms with E-state index in [9.17, 15) is 9.59 Å². The van der Waals surface area contributed by atoms with E-state index >= 15 is 0 Å². The molecule has 0 aromatic carbocycles. The highest BCUT2D eigenvalue weighted by atomic mass is 16.5. The third-order valence-electron chi connectivity index (χ3n) is 3.36. The Labute approximate surface area is 107 Å². The number of nitrogens with zero attached hydrogens (tertiary/aromatic N) is 1. The highest BCUT2D eigenvalue weighted by Gasteiger charge is 2.28. The van der Waals surface area contributed by atoms with Crippen LogP contribution in [0, 0.1) is 5.92 Å². The van der Waals surface area contributed by atoms with Gasteiger partial charge in [0.05, 0.1) is 0 Å². The lowest BCUT2D eigenvalue weighted by atomic mass is 10.1. The first kappa shape index (κ1) is 14.8. The van der Waals surface area contributed by atoms with Gasteiger partial charge in [0.25, 0.3) is 0 Å². The fourth-order valence-corrected chi connectivity index (χ4v) is 2.08. The Bertz CT molecular complexity index is 296. The maximum Gasteiger partial charge on any atom is 0.326 e. The topological polar surface area (TPSA) is 78.9 Å². The number of carboxylic acids is 1. The van der Waals surface area contributed by atoms with Crippen molar-refractivity contribution >= 4 is 12.0 Å². The number of carbonyl (C=O) groups excluding carboxylic acids is 1. The summed E-state index contributed by atoms with van der Waals surface area (Å²) < 4.78 is 4.84. The van der Waals surface area contributed by atoms with E-state index in [2.05, 4.69) is 12.2 Å². The fourth-order valence-electron chi connectivity index (χ4n) is 2.08. The van der Waals surface area contributed by atoms with Crippen LogP contribution in [0.15, 0.2) is 0 Å². The molecule has 104 valence electrons. The van der Waals surface area contributed by atoms with Crippen LogP contribution in [0.4, 0.5) is 4.79 Å². The molecule has 2 unspecified atom stereocenters. The largest absolute Gasteiger partial charge is 0.480 e. The molecular weight excluding hydrogens is 236 g/mol. The highest BCUT2D eigenvalue weighted by molar-refractivity contribution is 5.82. The Hall–Kier alpha value is -1.30. The molecule has 0 radical (unpaired) electrons. The number of amides is 2. The molecule has 1 heterocycles. The van der Waals surface area contributed by atoms with Crippen molar-refractivity contribution in [3.63, 3.8) is 0 Å². The van der Waals surface area contributed by atoms with E-state index in [1.54, 1.807) is 4.90 Å². The van der Waals surface area contributed by atoms with Gasteiger partial charge >= 0.3 is 12.0 Å². The molecule has 0 aromatic heterocycles. The molecule has 18 heavy (non-hydrogen) atoms. The Morgan fingerprint density at radius 3 is 2.78 bits per heavy atom. The first-order valence-electron chi connectivity index (χ1n) is 6.35. The monoisotopic (exact) mass is 258 g/mol. The third kappa shape index (κ3) is 4.18. The van der Waals surface area contributed by atoms with Gasteiger partial charge in [-0.3, -0.25) is 0 Å². The maximum atomic E-state index is 11.9. The van der Waals surface area contributed by atoms with E-state index in [1.165, 1.54) is 7.11 Å². The number of urea groups is 1. The number of hydrogen-bond acceptors (Lipinski definition) is 3. The van der Waals surface area contributed by atoms with Crippen molar-refractivity contribution in [2.24, 2.45) is 5.92 Å². The molecule has 0 spiro atoms. The molecule has 2 amide bonds. The number of methoxy groups -OCH3 is 1. The van der Waals surface area contributed by atoms with E-state index in [4.69, 9.17) is 9.84 Å². The Morgan fingerprint density at radius 1 is 1.56 bits per heavy atom. The number of carbonyl (C=O) groups is 2. The molecule has 1 aliphatic heterocycles. The lowest BCUT2D eigenvalue weighted by molar-refractivity contribution is -0.139. The summed E-state index contributed by atoms with van der Waals surface area (Å²) in [6.07, 6.45) is 2.33. The zero-order chi connectivity index (χ0) is 13.5. The summed E-state index contributed by atoms with van der Waals surface area (Å²) >= 11 is 0. The van der Waals surface area contributed by atoms with Crippen molar-refractivity contribution in [3.8, 4) is 0 Å². The number of carboxylic acid groups (broad SMARTS) is 1. The van der Waals surface area contributed by atoms with Crippen molar-refractivity contribution in [3.05, 3.63) is 0 Å². The second-order valence-corrected chi connectivity index (χ2v) is 4.63. The van der Waals surface area contributed by atoms with Gasteiger partial charge in [-0.1, -0.05) is 13.3 Å². The average molecular weight is 258 g/mol. The second kappa shape index (κ2) is 7.20. The molecule has 1 aliphatic rings. The summed E-state index contributed by atoms with van der Waals surface area (Å²) in [5.74, 6) is -0.482. The van der Waals surface area contributed by atoms with Crippen LogP contribution in [-0.4, -0.2) is 54.9 Å². The number of ether oxygens (including phenoxy) is 1. The molecule has 1 rings (SSSR count). The van der Waals surface area contributed by atoms with E-state index in [-0.39, 0.29) is 12.5 Å². The first-order chi connectivity index (χ1) is 8.58. The number of hydrogen-bond donors (Lipinski definition) is 2. The maximum absolute atomic E-state index is 11.9. The Balaban J connectivity index is 2.43. The zero-order valence-corrected chi connectivity index (χ0v) is 11.0. The summed E-state index contributed by atoms with van der Waals surface area (Å²) in [5.41, 5.74) is 0. The summed E-state index contributed by atoms with van der Waals surface area (Å²) in [6.45, 7) is 3.85. The Kier molecular flexibility index (Phi) is 5.91. The van der Waals surface area contributed by atoms with Gasteiger partial charge in [-0.05, 0) is 12.3 Å². The van der Waals surface area contributed by atoms with Gasteiger partial charge < -0.3 is 20.1 Å². The van der Waals surface area contributed by atoms with E-state index < -0.39 is 12.0 Å². The number of aliphatic carboxylic acids is 1. The molecule has 6 heteroatoms. The van der Waals surface area contributed by atoms with Crippen LogP contribution in [0.1, 0.15) is 26.2 Å². The van der Waals surface area contributed by atoms with Gasteiger partial charge in [-0.15, -0.1) is 0 Å². The van der Waals surface area contributed by atoms with E-state index in [0.29, 0.717) is 19.1 Å². The highest BCUT2D eigenvalue weighted by Crippen LogP contribution is 2.18. The van der Waals surface area contributed by atoms with Crippen LogP contribution in [0.3, 0.4) is 0 Å². The first-order valence-corrected chi connectivity index (χ1v) is 6.35. The predicted molar refractivity (Wildman–Crippen MR) is 66.4 cm³/mol. The van der Waals surface area contributed by atoms with Gasteiger partial charge in [0.15, 0.2) is 0 Å². The Morgan fingerprint density at radius 2 is 2.28 bits per heavy atom. The third-order valence-corrected chi connectivity index (χ3v) is 3.36. The summed E-state index contributed by atoms with van der Waals surface area (Å²) in [4.78, 5) is 24.6. The van der Waals surface area contributed by atoms with Crippen molar-refractivity contribution in [1.82, 2.24) is 10.2 Å². The molecular formula is C12H22N2O4. The van der Waals surface area contributed by atoms with E-state index in [1.807, 2.05) is 0 Å². The number of nitrogens with one attached hydrogen (secondary N) is 1. The minimum atomic E-state index is -1.02. The lowest BCUT2D eigenvalue weighted by Crippen LogP contribution is -2.47. The zero-order valence-electron chi connectivity index (χ0n) is 11.0. The molecule has 0 aliphatic carbocycles. The van der Waals surface area contributed by atoms with Crippen LogP contribution in [0.25, 0.3) is 0 Å². The molecule has 1 saturated heterocycles.